The quantitative estimate of drug-likeness (QED) is 0.352. The molecule has 0 fully saturated rings. The van der Waals surface area contributed by atoms with E-state index in [1.165, 1.54) is 6.26 Å². The van der Waals surface area contributed by atoms with Crippen LogP contribution in [0.5, 0.6) is 0 Å². The Bertz CT molecular complexity index is 1280. The zero-order chi connectivity index (χ0) is 21.3. The molecule has 4 nitrogen and oxygen atoms in total. The number of benzene rings is 3. The SMILES string of the molecule is CS(=O)(=O)c1ccc(-c2c(Cl)cc(-c3coc(Cc4ccccc4)n3)cc2Cl)cc1. The summed E-state index contributed by atoms with van der Waals surface area (Å²) in [5.41, 5.74) is 3.85. The van der Waals surface area contributed by atoms with Crippen molar-refractivity contribution in [3.63, 3.8) is 0 Å². The first kappa shape index (κ1) is 20.7. The van der Waals surface area contributed by atoms with Gasteiger partial charge in [0, 0.05) is 23.8 Å². The first-order valence-electron chi connectivity index (χ1n) is 9.09. The summed E-state index contributed by atoms with van der Waals surface area (Å²) in [6, 6.07) is 20.0. The monoisotopic (exact) mass is 457 g/mol. The molecular weight excluding hydrogens is 441 g/mol. The molecule has 0 aliphatic rings. The summed E-state index contributed by atoms with van der Waals surface area (Å²) in [4.78, 5) is 4.79. The Morgan fingerprint density at radius 1 is 0.900 bits per heavy atom. The summed E-state index contributed by atoms with van der Waals surface area (Å²) in [5, 5.41) is 0.884. The van der Waals surface area contributed by atoms with Crippen molar-refractivity contribution in [3.8, 4) is 22.4 Å². The molecule has 4 rings (SSSR count). The summed E-state index contributed by atoms with van der Waals surface area (Å²) >= 11 is 13.0. The normalized spacial score (nSPS) is 11.6. The number of oxazole rings is 1. The van der Waals surface area contributed by atoms with Crippen molar-refractivity contribution >= 4 is 33.0 Å². The van der Waals surface area contributed by atoms with Crippen LogP contribution in [0.15, 0.2) is 82.3 Å². The van der Waals surface area contributed by atoms with Gasteiger partial charge in [-0.05, 0) is 35.4 Å². The molecule has 0 aliphatic carbocycles. The van der Waals surface area contributed by atoms with Crippen LogP contribution in [-0.4, -0.2) is 19.7 Å². The Morgan fingerprint density at radius 3 is 2.13 bits per heavy atom. The highest BCUT2D eigenvalue weighted by molar-refractivity contribution is 7.90. The number of nitrogens with zero attached hydrogens (tertiary/aromatic N) is 1. The molecule has 7 heteroatoms. The lowest BCUT2D eigenvalue weighted by atomic mass is 10.0. The van der Waals surface area contributed by atoms with Crippen LogP contribution in [0.4, 0.5) is 0 Å². The van der Waals surface area contributed by atoms with Gasteiger partial charge < -0.3 is 4.42 Å². The Balaban J connectivity index is 1.63. The number of hydrogen-bond donors (Lipinski definition) is 0. The summed E-state index contributed by atoms with van der Waals surface area (Å²) < 4.78 is 28.9. The summed E-state index contributed by atoms with van der Waals surface area (Å²) in [5.74, 6) is 0.601. The third-order valence-electron chi connectivity index (χ3n) is 4.66. The van der Waals surface area contributed by atoms with Crippen LogP contribution in [0, 0.1) is 0 Å². The second kappa shape index (κ2) is 8.26. The van der Waals surface area contributed by atoms with E-state index >= 15 is 0 Å². The minimum Gasteiger partial charge on any atom is -0.448 e. The predicted molar refractivity (Wildman–Crippen MR) is 120 cm³/mol. The van der Waals surface area contributed by atoms with Gasteiger partial charge in [-0.3, -0.25) is 0 Å². The van der Waals surface area contributed by atoms with Crippen molar-refractivity contribution in [2.24, 2.45) is 0 Å². The first-order valence-corrected chi connectivity index (χ1v) is 11.7. The van der Waals surface area contributed by atoms with Crippen molar-refractivity contribution in [3.05, 3.63) is 94.5 Å². The van der Waals surface area contributed by atoms with E-state index in [0.717, 1.165) is 16.7 Å². The Hall–Kier alpha value is -2.60. The molecule has 0 atom stereocenters. The maximum Gasteiger partial charge on any atom is 0.198 e. The van der Waals surface area contributed by atoms with Crippen LogP contribution < -0.4 is 0 Å². The lowest BCUT2D eigenvalue weighted by Gasteiger charge is -2.10. The summed E-state index contributed by atoms with van der Waals surface area (Å²) in [7, 11) is -3.27. The topological polar surface area (TPSA) is 60.2 Å². The average molecular weight is 458 g/mol. The van der Waals surface area contributed by atoms with Crippen molar-refractivity contribution in [2.75, 3.05) is 6.26 Å². The Morgan fingerprint density at radius 2 is 1.53 bits per heavy atom. The lowest BCUT2D eigenvalue weighted by Crippen LogP contribution is -1.96. The van der Waals surface area contributed by atoms with Gasteiger partial charge in [-0.2, -0.15) is 0 Å². The summed E-state index contributed by atoms with van der Waals surface area (Å²) in [6.07, 6.45) is 3.34. The van der Waals surface area contributed by atoms with Gasteiger partial charge in [-0.1, -0.05) is 65.7 Å². The van der Waals surface area contributed by atoms with Gasteiger partial charge in [-0.15, -0.1) is 0 Å². The van der Waals surface area contributed by atoms with Gasteiger partial charge in [0.25, 0.3) is 0 Å². The van der Waals surface area contributed by atoms with Crippen LogP contribution in [0.2, 0.25) is 10.0 Å². The molecule has 4 aromatic rings. The molecule has 0 saturated carbocycles. The molecule has 0 aliphatic heterocycles. The van der Waals surface area contributed by atoms with E-state index in [0.29, 0.717) is 33.6 Å². The van der Waals surface area contributed by atoms with Gasteiger partial charge >= 0.3 is 0 Å². The van der Waals surface area contributed by atoms with Gasteiger partial charge in [-0.25, -0.2) is 13.4 Å². The molecule has 0 bridgehead atoms. The number of hydrogen-bond acceptors (Lipinski definition) is 4. The van der Waals surface area contributed by atoms with Crippen molar-refractivity contribution in [1.29, 1.82) is 0 Å². The first-order chi connectivity index (χ1) is 14.3. The molecule has 30 heavy (non-hydrogen) atoms. The van der Waals surface area contributed by atoms with Gasteiger partial charge in [0.05, 0.1) is 14.9 Å². The van der Waals surface area contributed by atoms with Crippen LogP contribution in [0.1, 0.15) is 11.5 Å². The van der Waals surface area contributed by atoms with Crippen LogP contribution in [0.3, 0.4) is 0 Å². The fraction of sp³-hybridized carbons (Fsp3) is 0.0870. The third kappa shape index (κ3) is 4.43. The number of aromatic nitrogens is 1. The van der Waals surface area contributed by atoms with E-state index in [1.807, 2.05) is 30.3 Å². The van der Waals surface area contributed by atoms with Gasteiger partial charge in [0.2, 0.25) is 0 Å². The second-order valence-corrected chi connectivity index (χ2v) is 9.73. The van der Waals surface area contributed by atoms with E-state index in [2.05, 4.69) is 4.98 Å². The van der Waals surface area contributed by atoms with E-state index < -0.39 is 9.84 Å². The molecule has 3 aromatic carbocycles. The molecular formula is C23H17Cl2NO3S. The maximum absolute atomic E-state index is 11.7. The van der Waals surface area contributed by atoms with E-state index in [-0.39, 0.29) is 4.90 Å². The minimum absolute atomic E-state index is 0.239. The molecule has 0 unspecified atom stereocenters. The van der Waals surface area contributed by atoms with Gasteiger partial charge in [0.15, 0.2) is 15.7 Å². The predicted octanol–water partition coefficient (Wildman–Crippen LogP) is 6.31. The maximum atomic E-state index is 11.7. The number of rotatable bonds is 5. The fourth-order valence-electron chi connectivity index (χ4n) is 3.16. The number of sulfone groups is 1. The Kier molecular flexibility index (Phi) is 5.69. The molecule has 0 radical (unpaired) electrons. The highest BCUT2D eigenvalue weighted by Gasteiger charge is 2.15. The van der Waals surface area contributed by atoms with Crippen LogP contribution >= 0.6 is 23.2 Å². The molecule has 1 heterocycles. The highest BCUT2D eigenvalue weighted by atomic mass is 35.5. The van der Waals surface area contributed by atoms with Crippen LogP contribution in [0.25, 0.3) is 22.4 Å². The molecule has 1 aromatic heterocycles. The zero-order valence-corrected chi connectivity index (χ0v) is 18.3. The van der Waals surface area contributed by atoms with E-state index in [4.69, 9.17) is 27.6 Å². The highest BCUT2D eigenvalue weighted by Crippen LogP contribution is 2.38. The minimum atomic E-state index is -3.27. The number of halogens is 2. The zero-order valence-electron chi connectivity index (χ0n) is 16.0. The second-order valence-electron chi connectivity index (χ2n) is 6.90. The molecule has 0 saturated heterocycles. The smallest absolute Gasteiger partial charge is 0.198 e. The largest absolute Gasteiger partial charge is 0.448 e. The van der Waals surface area contributed by atoms with Crippen molar-refractivity contribution in [2.45, 2.75) is 11.3 Å². The van der Waals surface area contributed by atoms with Crippen molar-refractivity contribution < 1.29 is 12.8 Å². The van der Waals surface area contributed by atoms with Crippen molar-refractivity contribution in [1.82, 2.24) is 4.98 Å². The lowest BCUT2D eigenvalue weighted by molar-refractivity contribution is 0.507. The molecule has 0 spiro atoms. The standard InChI is InChI=1S/C23H17Cl2NO3S/c1-30(27,28)18-9-7-16(8-10-18)23-19(24)12-17(13-20(23)25)21-14-29-22(26-21)11-15-5-3-2-4-6-15/h2-10,12-14H,11H2,1H3. The third-order valence-corrected chi connectivity index (χ3v) is 6.38. The fourth-order valence-corrected chi connectivity index (χ4v) is 4.50. The molecule has 152 valence electrons. The van der Waals surface area contributed by atoms with Gasteiger partial charge in [0.1, 0.15) is 12.0 Å². The van der Waals surface area contributed by atoms with Crippen LogP contribution in [-0.2, 0) is 16.3 Å². The van der Waals surface area contributed by atoms with E-state index in [1.54, 1.807) is 42.7 Å². The molecule has 0 amide bonds. The average Bonchev–Trinajstić information content (AvgIpc) is 3.16. The summed E-state index contributed by atoms with van der Waals surface area (Å²) in [6.45, 7) is 0. The Labute approximate surface area is 185 Å². The molecule has 0 N–H and O–H groups in total. The van der Waals surface area contributed by atoms with E-state index in [9.17, 15) is 8.42 Å².